The van der Waals surface area contributed by atoms with Crippen LogP contribution in [-0.4, -0.2) is 18.6 Å². The maximum Gasteiger partial charge on any atom is 0.248 e. The summed E-state index contributed by atoms with van der Waals surface area (Å²) in [5.41, 5.74) is 1.74. The fraction of sp³-hybridized carbons (Fsp3) is 0.389. The first-order valence-corrected chi connectivity index (χ1v) is 7.71. The van der Waals surface area contributed by atoms with Crippen LogP contribution < -0.4 is 10.1 Å². The summed E-state index contributed by atoms with van der Waals surface area (Å²) in [4.78, 5) is 12.5. The number of fused-ring (bicyclic) bond motifs is 1. The van der Waals surface area contributed by atoms with Crippen LogP contribution in [0.5, 0.6) is 5.75 Å². The Balaban J connectivity index is 1.97. The molecule has 3 atom stereocenters. The second kappa shape index (κ2) is 4.48. The molecule has 0 aromatic heterocycles. The molecule has 1 amide bonds. The van der Waals surface area contributed by atoms with Crippen LogP contribution in [0.2, 0.25) is 0 Å². The maximum absolute atomic E-state index is 12.5. The minimum atomic E-state index is -0.302. The van der Waals surface area contributed by atoms with Gasteiger partial charge < -0.3 is 10.1 Å². The standard InChI is InChI=1S/C18H19NO2/c1-2-6-12-11-19-17(20)14-8-5-10-16-18(12,14)13-7-3-4-9-15(13)21-16/h3-5,7-10,12,16H,2,6,11H2,1H3,(H,19,20). The van der Waals surface area contributed by atoms with Crippen LogP contribution in [0, 0.1) is 5.92 Å². The zero-order valence-electron chi connectivity index (χ0n) is 12.1. The SMILES string of the molecule is CCCC1CNC(=O)C2=CC=CC3Oc4ccccc4C213. The molecule has 1 spiro atoms. The number of piperidine rings is 1. The van der Waals surface area contributed by atoms with Gasteiger partial charge in [0.05, 0.1) is 5.41 Å². The number of amides is 1. The third kappa shape index (κ3) is 1.52. The fourth-order valence-electron chi connectivity index (χ4n) is 4.26. The average molecular weight is 281 g/mol. The Labute approximate surface area is 124 Å². The van der Waals surface area contributed by atoms with Crippen molar-refractivity contribution >= 4 is 5.91 Å². The van der Waals surface area contributed by atoms with Crippen molar-refractivity contribution in [3.8, 4) is 5.75 Å². The molecule has 1 aliphatic carbocycles. The van der Waals surface area contributed by atoms with E-state index in [0.717, 1.165) is 30.7 Å². The van der Waals surface area contributed by atoms with Gasteiger partial charge in [-0.05, 0) is 24.5 Å². The van der Waals surface area contributed by atoms with Crippen molar-refractivity contribution in [2.24, 2.45) is 5.92 Å². The van der Waals surface area contributed by atoms with Crippen molar-refractivity contribution in [3.63, 3.8) is 0 Å². The van der Waals surface area contributed by atoms with E-state index in [1.165, 1.54) is 5.56 Å². The molecule has 0 bridgehead atoms. The van der Waals surface area contributed by atoms with E-state index >= 15 is 0 Å². The highest BCUT2D eigenvalue weighted by molar-refractivity contribution is 5.99. The Morgan fingerprint density at radius 1 is 1.38 bits per heavy atom. The zero-order chi connectivity index (χ0) is 14.4. The van der Waals surface area contributed by atoms with Crippen molar-refractivity contribution in [2.45, 2.75) is 31.3 Å². The predicted octanol–water partition coefficient (Wildman–Crippen LogP) is 2.73. The topological polar surface area (TPSA) is 38.3 Å². The molecule has 1 aromatic carbocycles. The summed E-state index contributed by atoms with van der Waals surface area (Å²) in [7, 11) is 0. The monoisotopic (exact) mass is 281 g/mol. The van der Waals surface area contributed by atoms with Crippen LogP contribution in [0.15, 0.2) is 48.1 Å². The molecule has 21 heavy (non-hydrogen) atoms. The van der Waals surface area contributed by atoms with E-state index in [1.807, 2.05) is 30.4 Å². The van der Waals surface area contributed by atoms with E-state index in [-0.39, 0.29) is 17.4 Å². The molecule has 3 unspecified atom stereocenters. The summed E-state index contributed by atoms with van der Waals surface area (Å²) in [5, 5.41) is 3.06. The second-order valence-corrected chi connectivity index (χ2v) is 6.06. The van der Waals surface area contributed by atoms with Gasteiger partial charge in [0.1, 0.15) is 11.9 Å². The number of ether oxygens (including phenoxy) is 1. The van der Waals surface area contributed by atoms with E-state index in [1.54, 1.807) is 0 Å². The zero-order valence-corrected chi connectivity index (χ0v) is 12.1. The molecule has 108 valence electrons. The highest BCUT2D eigenvalue weighted by atomic mass is 16.5. The van der Waals surface area contributed by atoms with Gasteiger partial charge in [-0.3, -0.25) is 4.79 Å². The molecule has 3 heteroatoms. The Kier molecular flexibility index (Phi) is 2.71. The first-order valence-electron chi connectivity index (χ1n) is 7.71. The minimum Gasteiger partial charge on any atom is -0.485 e. The van der Waals surface area contributed by atoms with Gasteiger partial charge in [-0.2, -0.15) is 0 Å². The number of carbonyl (C=O) groups is 1. The third-order valence-corrected chi connectivity index (χ3v) is 5.06. The van der Waals surface area contributed by atoms with Gasteiger partial charge in [0.15, 0.2) is 0 Å². The highest BCUT2D eigenvalue weighted by Gasteiger charge is 2.59. The number of rotatable bonds is 2. The fourth-order valence-corrected chi connectivity index (χ4v) is 4.26. The molecule has 0 saturated carbocycles. The molecule has 1 N–H and O–H groups in total. The predicted molar refractivity (Wildman–Crippen MR) is 81.2 cm³/mol. The molecule has 2 heterocycles. The lowest BCUT2D eigenvalue weighted by Gasteiger charge is -2.46. The molecule has 1 aromatic rings. The number of hydrogen-bond acceptors (Lipinski definition) is 2. The highest BCUT2D eigenvalue weighted by Crippen LogP contribution is 2.55. The van der Waals surface area contributed by atoms with Gasteiger partial charge in [-0.1, -0.05) is 43.7 Å². The first kappa shape index (κ1) is 12.7. The summed E-state index contributed by atoms with van der Waals surface area (Å²) in [6.07, 6.45) is 8.16. The van der Waals surface area contributed by atoms with Crippen LogP contribution in [0.1, 0.15) is 25.3 Å². The maximum atomic E-state index is 12.5. The molecular formula is C18H19NO2. The smallest absolute Gasteiger partial charge is 0.248 e. The first-order chi connectivity index (χ1) is 10.3. The van der Waals surface area contributed by atoms with Crippen molar-refractivity contribution in [1.29, 1.82) is 0 Å². The lowest BCUT2D eigenvalue weighted by molar-refractivity contribution is -0.120. The Hall–Kier alpha value is -2.03. The van der Waals surface area contributed by atoms with Gasteiger partial charge in [-0.15, -0.1) is 0 Å². The third-order valence-electron chi connectivity index (χ3n) is 5.06. The van der Waals surface area contributed by atoms with Gasteiger partial charge in [0, 0.05) is 17.7 Å². The van der Waals surface area contributed by atoms with E-state index in [9.17, 15) is 4.79 Å². The van der Waals surface area contributed by atoms with Gasteiger partial charge in [-0.25, -0.2) is 0 Å². The number of carbonyl (C=O) groups excluding carboxylic acids is 1. The van der Waals surface area contributed by atoms with E-state index in [2.05, 4.69) is 24.4 Å². The quantitative estimate of drug-likeness (QED) is 0.905. The molecule has 3 nitrogen and oxygen atoms in total. The summed E-state index contributed by atoms with van der Waals surface area (Å²) in [5.74, 6) is 1.36. The van der Waals surface area contributed by atoms with Crippen LogP contribution >= 0.6 is 0 Å². The largest absolute Gasteiger partial charge is 0.485 e. The van der Waals surface area contributed by atoms with E-state index in [4.69, 9.17) is 4.74 Å². The van der Waals surface area contributed by atoms with Crippen LogP contribution in [-0.2, 0) is 10.2 Å². The van der Waals surface area contributed by atoms with Gasteiger partial charge >= 0.3 is 0 Å². The lowest BCUT2D eigenvalue weighted by Crippen LogP contribution is -2.57. The lowest BCUT2D eigenvalue weighted by atomic mass is 9.58. The molecule has 1 fully saturated rings. The number of benzene rings is 1. The van der Waals surface area contributed by atoms with Crippen molar-refractivity contribution in [2.75, 3.05) is 6.54 Å². The average Bonchev–Trinajstić information content (AvgIpc) is 2.85. The van der Waals surface area contributed by atoms with Crippen molar-refractivity contribution in [3.05, 3.63) is 53.6 Å². The van der Waals surface area contributed by atoms with Crippen molar-refractivity contribution in [1.82, 2.24) is 5.32 Å². The summed E-state index contributed by atoms with van der Waals surface area (Å²) >= 11 is 0. The van der Waals surface area contributed by atoms with Crippen LogP contribution in [0.4, 0.5) is 0 Å². The normalized spacial score (nSPS) is 32.4. The molecular weight excluding hydrogens is 262 g/mol. The van der Waals surface area contributed by atoms with Gasteiger partial charge in [0.25, 0.3) is 0 Å². The Morgan fingerprint density at radius 3 is 3.10 bits per heavy atom. The number of hydrogen-bond donors (Lipinski definition) is 1. The minimum absolute atomic E-state index is 0.0528. The van der Waals surface area contributed by atoms with E-state index < -0.39 is 0 Å². The number of nitrogens with one attached hydrogen (secondary N) is 1. The second-order valence-electron chi connectivity index (χ2n) is 6.06. The van der Waals surface area contributed by atoms with Crippen LogP contribution in [0.25, 0.3) is 0 Å². The van der Waals surface area contributed by atoms with Gasteiger partial charge in [0.2, 0.25) is 5.91 Å². The molecule has 2 aliphatic heterocycles. The summed E-state index contributed by atoms with van der Waals surface area (Å²) in [6, 6.07) is 8.19. The summed E-state index contributed by atoms with van der Waals surface area (Å²) in [6.45, 7) is 2.93. The Bertz CT molecular complexity index is 661. The number of allylic oxidation sites excluding steroid dienone is 2. The molecule has 1 saturated heterocycles. The molecule has 4 rings (SSSR count). The Morgan fingerprint density at radius 2 is 2.24 bits per heavy atom. The van der Waals surface area contributed by atoms with Crippen molar-refractivity contribution < 1.29 is 9.53 Å². The molecule has 3 aliphatic rings. The van der Waals surface area contributed by atoms with E-state index in [0.29, 0.717) is 5.92 Å². The number of para-hydroxylation sites is 1. The van der Waals surface area contributed by atoms with Crippen LogP contribution in [0.3, 0.4) is 0 Å². The summed E-state index contributed by atoms with van der Waals surface area (Å²) < 4.78 is 6.19. The molecule has 0 radical (unpaired) electrons.